The van der Waals surface area contributed by atoms with Gasteiger partial charge in [0.25, 0.3) is 0 Å². The van der Waals surface area contributed by atoms with Gasteiger partial charge in [0.05, 0.1) is 6.10 Å². The summed E-state index contributed by atoms with van der Waals surface area (Å²) in [5.74, 6) is 2.31. The molecule has 0 radical (unpaired) electrons. The van der Waals surface area contributed by atoms with Crippen molar-refractivity contribution in [2.45, 2.75) is 59.6 Å². The van der Waals surface area contributed by atoms with Gasteiger partial charge in [-0.25, -0.2) is 0 Å². The van der Waals surface area contributed by atoms with E-state index in [0.29, 0.717) is 18.1 Å². The predicted octanol–water partition coefficient (Wildman–Crippen LogP) is 3.10. The lowest BCUT2D eigenvalue weighted by molar-refractivity contribution is -0.0573. The Balaban J connectivity index is 1.55. The summed E-state index contributed by atoms with van der Waals surface area (Å²) in [5, 5.41) is 0. The number of hydrogen-bond donors (Lipinski definition) is 0. The summed E-state index contributed by atoms with van der Waals surface area (Å²) in [5.41, 5.74) is 0. The Hall–Kier alpha value is -0.120. The van der Waals surface area contributed by atoms with E-state index in [-0.39, 0.29) is 0 Å². The molecule has 0 bridgehead atoms. The first-order valence-electron chi connectivity index (χ1n) is 9.03. The number of nitrogens with zero attached hydrogens (tertiary/aromatic N) is 2. The van der Waals surface area contributed by atoms with Crippen molar-refractivity contribution in [3.05, 3.63) is 0 Å². The lowest BCUT2D eigenvalue weighted by Gasteiger charge is -2.42. The Bertz CT molecular complexity index is 292. The molecule has 0 aromatic rings. The van der Waals surface area contributed by atoms with Gasteiger partial charge >= 0.3 is 0 Å². The van der Waals surface area contributed by atoms with E-state index >= 15 is 0 Å². The van der Waals surface area contributed by atoms with Crippen molar-refractivity contribution in [1.82, 2.24) is 9.80 Å². The monoisotopic (exact) mass is 296 g/mol. The van der Waals surface area contributed by atoms with Gasteiger partial charge in [0, 0.05) is 45.4 Å². The minimum Gasteiger partial charge on any atom is -0.378 e. The van der Waals surface area contributed by atoms with Gasteiger partial charge in [-0.2, -0.15) is 0 Å². The van der Waals surface area contributed by atoms with Gasteiger partial charge in [-0.3, -0.25) is 4.90 Å². The Morgan fingerprint density at radius 2 is 1.57 bits per heavy atom. The SMILES string of the molecule is CC(C)[C@H](C)COC1CC(CN2CCN(C(C)C)CC2)C1. The molecule has 0 aromatic carbocycles. The lowest BCUT2D eigenvalue weighted by atomic mass is 9.81. The van der Waals surface area contributed by atoms with E-state index in [2.05, 4.69) is 44.4 Å². The van der Waals surface area contributed by atoms with Crippen LogP contribution in [-0.4, -0.2) is 61.3 Å². The molecule has 0 amide bonds. The number of rotatable bonds is 7. The molecule has 21 heavy (non-hydrogen) atoms. The first kappa shape index (κ1) is 17.2. The van der Waals surface area contributed by atoms with Gasteiger partial charge in [-0.15, -0.1) is 0 Å². The molecule has 2 aliphatic rings. The third-order valence-corrected chi connectivity index (χ3v) is 5.58. The van der Waals surface area contributed by atoms with Crippen molar-refractivity contribution in [3.8, 4) is 0 Å². The predicted molar refractivity (Wildman–Crippen MR) is 89.6 cm³/mol. The van der Waals surface area contributed by atoms with E-state index in [1.165, 1.54) is 45.6 Å². The average molecular weight is 296 g/mol. The second kappa shape index (κ2) is 7.94. The fraction of sp³-hybridized carbons (Fsp3) is 1.00. The van der Waals surface area contributed by atoms with Gasteiger partial charge in [-0.05, 0) is 44.4 Å². The minimum absolute atomic E-state index is 0.549. The summed E-state index contributed by atoms with van der Waals surface area (Å²) >= 11 is 0. The Morgan fingerprint density at radius 3 is 2.10 bits per heavy atom. The standard InChI is InChI=1S/C18H36N2O/c1-14(2)16(5)13-21-18-10-17(11-18)12-19-6-8-20(9-7-19)15(3)4/h14-18H,6-13H2,1-5H3/t16-,17?,18?/m1/s1. The van der Waals surface area contributed by atoms with Crippen LogP contribution in [0.3, 0.4) is 0 Å². The molecule has 0 N–H and O–H groups in total. The van der Waals surface area contributed by atoms with Crippen molar-refractivity contribution in [3.63, 3.8) is 0 Å². The number of piperazine rings is 1. The minimum atomic E-state index is 0.549. The van der Waals surface area contributed by atoms with Crippen LogP contribution in [0.25, 0.3) is 0 Å². The van der Waals surface area contributed by atoms with E-state index in [1.54, 1.807) is 0 Å². The summed E-state index contributed by atoms with van der Waals surface area (Å²) in [4.78, 5) is 5.26. The molecule has 0 aromatic heterocycles. The van der Waals surface area contributed by atoms with Crippen LogP contribution in [0.1, 0.15) is 47.5 Å². The Morgan fingerprint density at radius 1 is 0.952 bits per heavy atom. The molecule has 3 nitrogen and oxygen atoms in total. The van der Waals surface area contributed by atoms with Gasteiger partial charge in [0.15, 0.2) is 0 Å². The van der Waals surface area contributed by atoms with Gasteiger partial charge in [-0.1, -0.05) is 20.8 Å². The Labute approximate surface area is 132 Å². The van der Waals surface area contributed by atoms with E-state index in [9.17, 15) is 0 Å². The van der Waals surface area contributed by atoms with Gasteiger partial charge < -0.3 is 9.64 Å². The molecule has 1 aliphatic carbocycles. The highest BCUT2D eigenvalue weighted by Crippen LogP contribution is 2.31. The van der Waals surface area contributed by atoms with Crippen molar-refractivity contribution in [2.24, 2.45) is 17.8 Å². The van der Waals surface area contributed by atoms with E-state index in [0.717, 1.165) is 18.4 Å². The third kappa shape index (κ3) is 5.22. The molecule has 0 spiro atoms. The van der Waals surface area contributed by atoms with Crippen LogP contribution in [0.2, 0.25) is 0 Å². The second-order valence-corrected chi connectivity index (χ2v) is 7.94. The lowest BCUT2D eigenvalue weighted by Crippen LogP contribution is -2.51. The molecule has 124 valence electrons. The fourth-order valence-corrected chi connectivity index (χ4v) is 3.27. The zero-order chi connectivity index (χ0) is 15.4. The molecule has 1 saturated heterocycles. The molecule has 1 heterocycles. The zero-order valence-corrected chi connectivity index (χ0v) is 14.8. The summed E-state index contributed by atoms with van der Waals surface area (Å²) in [6, 6.07) is 0.705. The molecular formula is C18H36N2O. The third-order valence-electron chi connectivity index (χ3n) is 5.58. The average Bonchev–Trinajstić information content (AvgIpc) is 2.41. The van der Waals surface area contributed by atoms with Gasteiger partial charge in [0.2, 0.25) is 0 Å². The van der Waals surface area contributed by atoms with E-state index in [4.69, 9.17) is 4.74 Å². The van der Waals surface area contributed by atoms with Crippen molar-refractivity contribution >= 4 is 0 Å². The molecule has 0 unspecified atom stereocenters. The second-order valence-electron chi connectivity index (χ2n) is 7.94. The highest BCUT2D eigenvalue weighted by atomic mass is 16.5. The smallest absolute Gasteiger partial charge is 0.0581 e. The summed E-state index contributed by atoms with van der Waals surface area (Å²) in [6.07, 6.45) is 3.12. The molecule has 1 saturated carbocycles. The van der Waals surface area contributed by atoms with Crippen LogP contribution < -0.4 is 0 Å². The summed E-state index contributed by atoms with van der Waals surface area (Å²) in [7, 11) is 0. The zero-order valence-electron chi connectivity index (χ0n) is 14.8. The quantitative estimate of drug-likeness (QED) is 0.718. The van der Waals surface area contributed by atoms with Crippen molar-refractivity contribution < 1.29 is 4.74 Å². The molecule has 1 aliphatic heterocycles. The maximum atomic E-state index is 6.04. The number of hydrogen-bond acceptors (Lipinski definition) is 3. The number of ether oxygens (including phenoxy) is 1. The van der Waals surface area contributed by atoms with Crippen LogP contribution in [0, 0.1) is 17.8 Å². The van der Waals surface area contributed by atoms with Crippen LogP contribution >= 0.6 is 0 Å². The molecule has 2 rings (SSSR count). The molecule has 2 fully saturated rings. The normalized spacial score (nSPS) is 29.9. The van der Waals surface area contributed by atoms with E-state index in [1.807, 2.05) is 0 Å². The van der Waals surface area contributed by atoms with E-state index < -0.39 is 0 Å². The first-order chi connectivity index (χ1) is 9.95. The highest BCUT2D eigenvalue weighted by Gasteiger charge is 2.32. The molecular weight excluding hydrogens is 260 g/mol. The molecule has 3 heteroatoms. The van der Waals surface area contributed by atoms with Crippen LogP contribution in [0.5, 0.6) is 0 Å². The summed E-state index contributed by atoms with van der Waals surface area (Å²) in [6.45, 7) is 18.7. The summed E-state index contributed by atoms with van der Waals surface area (Å²) < 4.78 is 6.04. The van der Waals surface area contributed by atoms with Crippen molar-refractivity contribution in [2.75, 3.05) is 39.3 Å². The van der Waals surface area contributed by atoms with Crippen LogP contribution in [0.15, 0.2) is 0 Å². The Kier molecular flexibility index (Phi) is 6.51. The van der Waals surface area contributed by atoms with Crippen LogP contribution in [0.4, 0.5) is 0 Å². The van der Waals surface area contributed by atoms with Crippen molar-refractivity contribution in [1.29, 1.82) is 0 Å². The maximum absolute atomic E-state index is 6.04. The maximum Gasteiger partial charge on any atom is 0.0581 e. The topological polar surface area (TPSA) is 15.7 Å². The van der Waals surface area contributed by atoms with Gasteiger partial charge in [0.1, 0.15) is 0 Å². The molecule has 1 atom stereocenters. The fourth-order valence-electron chi connectivity index (χ4n) is 3.27. The van der Waals surface area contributed by atoms with Crippen LogP contribution in [-0.2, 0) is 4.74 Å². The largest absolute Gasteiger partial charge is 0.378 e. The highest BCUT2D eigenvalue weighted by molar-refractivity contribution is 4.85. The first-order valence-corrected chi connectivity index (χ1v) is 9.03.